The maximum absolute atomic E-state index is 12.6. The highest BCUT2D eigenvalue weighted by atomic mass is 79.9. The number of amides is 1. The molecule has 1 aliphatic heterocycles. The number of carbonyl (C=O) groups excluding carboxylic acids is 2. The van der Waals surface area contributed by atoms with Crippen molar-refractivity contribution in [1.29, 1.82) is 0 Å². The lowest BCUT2D eigenvalue weighted by Gasteiger charge is -2.13. The van der Waals surface area contributed by atoms with Crippen LogP contribution in [0.2, 0.25) is 0 Å². The summed E-state index contributed by atoms with van der Waals surface area (Å²) in [5.74, 6) is -0.518. The number of rotatable bonds is 8. The minimum Gasteiger partial charge on any atom is -0.503 e. The molecule has 1 saturated heterocycles. The fourth-order valence-corrected chi connectivity index (χ4v) is 3.95. The molecule has 1 amide bonds. The van der Waals surface area contributed by atoms with Crippen LogP contribution in [0.1, 0.15) is 32.3 Å². The predicted molar refractivity (Wildman–Crippen MR) is 113 cm³/mol. The van der Waals surface area contributed by atoms with E-state index in [1.165, 1.54) is 4.90 Å². The number of esters is 1. The van der Waals surface area contributed by atoms with Gasteiger partial charge in [0.2, 0.25) is 0 Å². The summed E-state index contributed by atoms with van der Waals surface area (Å²) in [6.07, 6.45) is 3.35. The van der Waals surface area contributed by atoms with E-state index >= 15 is 0 Å². The second-order valence-corrected chi connectivity index (χ2v) is 8.15. The number of ether oxygens (including phenoxy) is 2. The van der Waals surface area contributed by atoms with Crippen LogP contribution in [0.3, 0.4) is 0 Å². The van der Waals surface area contributed by atoms with Crippen LogP contribution in [0.15, 0.2) is 21.5 Å². The van der Waals surface area contributed by atoms with Crippen LogP contribution in [0.5, 0.6) is 11.5 Å². The smallest absolute Gasteiger partial charge is 0.326 e. The number of thiocarbonyl (C=S) groups is 1. The van der Waals surface area contributed by atoms with Crippen LogP contribution in [0.25, 0.3) is 6.08 Å². The van der Waals surface area contributed by atoms with Crippen LogP contribution < -0.4 is 4.74 Å². The number of benzene rings is 1. The van der Waals surface area contributed by atoms with Crippen molar-refractivity contribution in [3.05, 3.63) is 27.1 Å². The quantitative estimate of drug-likeness (QED) is 0.263. The Balaban J connectivity index is 2.15. The fourth-order valence-electron chi connectivity index (χ4n) is 2.24. The van der Waals surface area contributed by atoms with Gasteiger partial charge in [-0.05, 0) is 53.0 Å². The van der Waals surface area contributed by atoms with Gasteiger partial charge < -0.3 is 14.6 Å². The van der Waals surface area contributed by atoms with Gasteiger partial charge in [0.05, 0.1) is 22.6 Å². The van der Waals surface area contributed by atoms with E-state index < -0.39 is 5.97 Å². The number of hydrogen-bond acceptors (Lipinski definition) is 7. The topological polar surface area (TPSA) is 76.1 Å². The number of nitrogens with zero attached hydrogens (tertiary/aromatic N) is 1. The molecule has 1 aromatic rings. The molecule has 6 nitrogen and oxygen atoms in total. The van der Waals surface area contributed by atoms with Gasteiger partial charge in [-0.2, -0.15) is 0 Å². The molecule has 0 unspecified atom stereocenters. The van der Waals surface area contributed by atoms with Gasteiger partial charge in [-0.3, -0.25) is 14.5 Å². The fraction of sp³-hybridized carbons (Fsp3) is 0.389. The number of phenolic OH excluding ortho intramolecular Hbond substituents is 1. The summed E-state index contributed by atoms with van der Waals surface area (Å²) < 4.78 is 11.2. The third-order valence-corrected chi connectivity index (χ3v) is 5.55. The predicted octanol–water partition coefficient (Wildman–Crippen LogP) is 4.10. The lowest BCUT2D eigenvalue weighted by Crippen LogP contribution is -2.34. The summed E-state index contributed by atoms with van der Waals surface area (Å²) in [7, 11) is 0. The maximum atomic E-state index is 12.6. The summed E-state index contributed by atoms with van der Waals surface area (Å²) >= 11 is 9.61. The van der Waals surface area contributed by atoms with Crippen molar-refractivity contribution in [2.24, 2.45) is 0 Å². The summed E-state index contributed by atoms with van der Waals surface area (Å²) in [6.45, 7) is 4.34. The summed E-state index contributed by atoms with van der Waals surface area (Å²) in [4.78, 5) is 26.1. The largest absolute Gasteiger partial charge is 0.503 e. The van der Waals surface area contributed by atoms with E-state index in [1.807, 2.05) is 13.8 Å². The van der Waals surface area contributed by atoms with Gasteiger partial charge in [0.25, 0.3) is 5.91 Å². The molecule has 27 heavy (non-hydrogen) atoms. The Kier molecular flexibility index (Phi) is 8.12. The van der Waals surface area contributed by atoms with Crippen LogP contribution in [0, 0.1) is 0 Å². The van der Waals surface area contributed by atoms with Gasteiger partial charge in [-0.15, -0.1) is 0 Å². The molecular weight excluding hydrogens is 454 g/mol. The first-order valence-electron chi connectivity index (χ1n) is 8.43. The van der Waals surface area contributed by atoms with E-state index in [0.29, 0.717) is 38.2 Å². The Labute approximate surface area is 176 Å². The average molecular weight is 474 g/mol. The molecule has 1 aromatic carbocycles. The average Bonchev–Trinajstić information content (AvgIpc) is 2.87. The minimum atomic E-state index is -0.480. The SMILES string of the molecule is CCCCOC(=O)CN1C(=O)/C(=C/c2cc(Br)c(O)c(OCC)c2)SC1=S. The third-order valence-electron chi connectivity index (χ3n) is 3.57. The number of phenols is 1. The zero-order valence-corrected chi connectivity index (χ0v) is 18.2. The summed E-state index contributed by atoms with van der Waals surface area (Å²) in [6, 6.07) is 3.30. The number of hydrogen-bond donors (Lipinski definition) is 1. The van der Waals surface area contributed by atoms with Crippen LogP contribution in [0.4, 0.5) is 0 Å². The van der Waals surface area contributed by atoms with Gasteiger partial charge in [-0.1, -0.05) is 37.3 Å². The van der Waals surface area contributed by atoms with Crippen molar-refractivity contribution in [3.63, 3.8) is 0 Å². The highest BCUT2D eigenvalue weighted by Gasteiger charge is 2.33. The van der Waals surface area contributed by atoms with E-state index in [4.69, 9.17) is 21.7 Å². The van der Waals surface area contributed by atoms with Crippen LogP contribution >= 0.6 is 39.9 Å². The van der Waals surface area contributed by atoms with Gasteiger partial charge in [0, 0.05) is 0 Å². The molecule has 0 bridgehead atoms. The van der Waals surface area contributed by atoms with E-state index in [2.05, 4.69) is 15.9 Å². The second kappa shape index (κ2) is 10.1. The first kappa shape index (κ1) is 21.7. The zero-order chi connectivity index (χ0) is 20.0. The molecule has 0 saturated carbocycles. The molecule has 0 spiro atoms. The Morgan fingerprint density at radius 3 is 2.81 bits per heavy atom. The monoisotopic (exact) mass is 473 g/mol. The van der Waals surface area contributed by atoms with Crippen molar-refractivity contribution in [3.8, 4) is 11.5 Å². The number of thioether (sulfide) groups is 1. The highest BCUT2D eigenvalue weighted by Crippen LogP contribution is 2.38. The molecule has 0 radical (unpaired) electrons. The molecule has 1 aliphatic rings. The van der Waals surface area contributed by atoms with E-state index in [1.54, 1.807) is 18.2 Å². The van der Waals surface area contributed by atoms with Crippen molar-refractivity contribution in [1.82, 2.24) is 4.90 Å². The molecule has 0 aromatic heterocycles. The van der Waals surface area contributed by atoms with E-state index in [9.17, 15) is 14.7 Å². The molecule has 146 valence electrons. The normalized spacial score (nSPS) is 15.5. The second-order valence-electron chi connectivity index (χ2n) is 5.62. The number of halogens is 1. The van der Waals surface area contributed by atoms with E-state index in [0.717, 1.165) is 24.6 Å². The first-order valence-corrected chi connectivity index (χ1v) is 10.4. The highest BCUT2D eigenvalue weighted by molar-refractivity contribution is 9.10. The van der Waals surface area contributed by atoms with Gasteiger partial charge >= 0.3 is 5.97 Å². The molecule has 0 aliphatic carbocycles. The molecular formula is C18H20BrNO5S2. The Morgan fingerprint density at radius 2 is 2.15 bits per heavy atom. The molecule has 1 heterocycles. The molecule has 2 rings (SSSR count). The van der Waals surface area contributed by atoms with Crippen molar-refractivity contribution < 1.29 is 24.2 Å². The van der Waals surface area contributed by atoms with Crippen LogP contribution in [-0.4, -0.2) is 46.0 Å². The summed E-state index contributed by atoms with van der Waals surface area (Å²) in [5.41, 5.74) is 0.661. The number of carbonyl (C=O) groups is 2. The maximum Gasteiger partial charge on any atom is 0.326 e. The third kappa shape index (κ3) is 5.70. The lowest BCUT2D eigenvalue weighted by atomic mass is 10.2. The number of aromatic hydroxyl groups is 1. The lowest BCUT2D eigenvalue weighted by molar-refractivity contribution is -0.146. The molecule has 1 N–H and O–H groups in total. The summed E-state index contributed by atoms with van der Waals surface area (Å²) in [5, 5.41) is 9.99. The Morgan fingerprint density at radius 1 is 1.41 bits per heavy atom. The minimum absolute atomic E-state index is 0.00336. The number of unbranched alkanes of at least 4 members (excludes halogenated alkanes) is 1. The van der Waals surface area contributed by atoms with Crippen molar-refractivity contribution in [2.75, 3.05) is 19.8 Å². The first-order chi connectivity index (χ1) is 12.9. The zero-order valence-electron chi connectivity index (χ0n) is 15.0. The molecule has 0 atom stereocenters. The van der Waals surface area contributed by atoms with Crippen LogP contribution in [-0.2, 0) is 14.3 Å². The van der Waals surface area contributed by atoms with E-state index in [-0.39, 0.29) is 18.2 Å². The van der Waals surface area contributed by atoms with Crippen molar-refractivity contribution in [2.45, 2.75) is 26.7 Å². The standard InChI is InChI=1S/C18H20BrNO5S2/c1-3-5-6-25-15(21)10-20-17(23)14(27-18(20)26)9-11-7-12(19)16(22)13(8-11)24-4-2/h7-9,22H,3-6,10H2,1-2H3/b14-9-. The molecule has 1 fully saturated rings. The Hall–Kier alpha value is -1.58. The Bertz CT molecular complexity index is 781. The van der Waals surface area contributed by atoms with Crippen molar-refractivity contribution >= 4 is 62.2 Å². The van der Waals surface area contributed by atoms with Gasteiger partial charge in [0.1, 0.15) is 10.9 Å². The molecule has 9 heteroatoms. The van der Waals surface area contributed by atoms with Gasteiger partial charge in [0.15, 0.2) is 11.5 Å². The van der Waals surface area contributed by atoms with Gasteiger partial charge in [-0.25, -0.2) is 0 Å².